The Morgan fingerprint density at radius 2 is 2.11 bits per heavy atom. The summed E-state index contributed by atoms with van der Waals surface area (Å²) >= 11 is 0. The fourth-order valence-corrected chi connectivity index (χ4v) is 4.38. The van der Waals surface area contributed by atoms with E-state index in [4.69, 9.17) is 14.5 Å². The Morgan fingerprint density at radius 1 is 1.20 bits per heavy atom. The molecule has 35 heavy (non-hydrogen) atoms. The van der Waals surface area contributed by atoms with E-state index in [1.165, 1.54) is 7.11 Å². The van der Waals surface area contributed by atoms with E-state index in [9.17, 15) is 9.90 Å². The molecule has 0 amide bonds. The minimum atomic E-state index is -0.916. The Labute approximate surface area is 202 Å². The van der Waals surface area contributed by atoms with Gasteiger partial charge in [-0.15, -0.1) is 0 Å². The van der Waals surface area contributed by atoms with Gasteiger partial charge in [-0.05, 0) is 54.8 Å². The molecule has 9 nitrogen and oxygen atoms in total. The number of rotatable bonds is 9. The van der Waals surface area contributed by atoms with Gasteiger partial charge in [-0.25, -0.2) is 4.98 Å². The summed E-state index contributed by atoms with van der Waals surface area (Å²) in [4.78, 5) is 20.6. The van der Waals surface area contributed by atoms with E-state index < -0.39 is 12.0 Å². The van der Waals surface area contributed by atoms with Crippen molar-refractivity contribution in [3.05, 3.63) is 71.8 Å². The Hall–Kier alpha value is -4.14. The van der Waals surface area contributed by atoms with Crippen LogP contribution in [0, 0.1) is 0 Å². The van der Waals surface area contributed by atoms with Gasteiger partial charge >= 0.3 is 5.97 Å². The number of carboxylic acid groups (broad SMARTS) is 1. The molecule has 0 saturated carbocycles. The molecule has 5 rings (SSSR count). The number of hydrogen-bond donors (Lipinski definition) is 2. The summed E-state index contributed by atoms with van der Waals surface area (Å²) in [5.74, 6) is 0.288. The van der Waals surface area contributed by atoms with E-state index in [0.29, 0.717) is 12.5 Å². The maximum absolute atomic E-state index is 11.6. The number of anilines is 1. The second-order valence-corrected chi connectivity index (χ2v) is 8.48. The van der Waals surface area contributed by atoms with E-state index >= 15 is 0 Å². The summed E-state index contributed by atoms with van der Waals surface area (Å²) in [6.45, 7) is 1.52. The highest BCUT2D eigenvalue weighted by atomic mass is 16.5. The van der Waals surface area contributed by atoms with E-state index in [2.05, 4.69) is 21.5 Å². The third-order valence-corrected chi connectivity index (χ3v) is 6.15. The maximum Gasteiger partial charge on any atom is 0.305 e. The number of aromatic nitrogens is 4. The van der Waals surface area contributed by atoms with Crippen LogP contribution in [-0.2, 0) is 17.6 Å². The van der Waals surface area contributed by atoms with Gasteiger partial charge in [0.15, 0.2) is 0 Å². The average Bonchev–Trinajstić information content (AvgIpc) is 3.30. The zero-order chi connectivity index (χ0) is 24.2. The van der Waals surface area contributed by atoms with Crippen LogP contribution in [0.25, 0.3) is 10.9 Å². The van der Waals surface area contributed by atoms with Crippen LogP contribution in [0.3, 0.4) is 0 Å². The quantitative estimate of drug-likeness (QED) is 0.377. The van der Waals surface area contributed by atoms with Gasteiger partial charge in [0, 0.05) is 36.3 Å². The summed E-state index contributed by atoms with van der Waals surface area (Å²) in [6, 6.07) is 12.9. The van der Waals surface area contributed by atoms with E-state index in [-0.39, 0.29) is 6.42 Å². The second-order valence-electron chi connectivity index (χ2n) is 8.48. The number of nitrogens with zero attached hydrogens (tertiary/aromatic N) is 4. The first kappa shape index (κ1) is 22.6. The molecule has 4 aromatic rings. The number of hydrogen-bond acceptors (Lipinski definition) is 7. The summed E-state index contributed by atoms with van der Waals surface area (Å²) in [6.07, 6.45) is 6.07. The monoisotopic (exact) mass is 473 g/mol. The molecule has 1 aliphatic rings. The highest BCUT2D eigenvalue weighted by Crippen LogP contribution is 2.29. The van der Waals surface area contributed by atoms with Crippen LogP contribution in [-0.4, -0.2) is 51.1 Å². The summed E-state index contributed by atoms with van der Waals surface area (Å²) < 4.78 is 12.8. The lowest BCUT2D eigenvalue weighted by Gasteiger charge is -2.18. The highest BCUT2D eigenvalue weighted by molar-refractivity contribution is 5.81. The van der Waals surface area contributed by atoms with Crippen LogP contribution in [0.15, 0.2) is 54.9 Å². The standard InChI is InChI=1S/C26H27N5O4/c1-34-25-9-4-17(15-28-25)24(14-26(32)33)31-23-8-6-20(13-18(23)16-29-31)35-12-10-19-5-7-21-22(30-19)3-2-11-27-21/h4-9,13,15-16,24,27H,2-3,10-12,14H2,1H3,(H,32,33). The molecular formula is C26H27N5O4. The van der Waals surface area contributed by atoms with Crippen molar-refractivity contribution >= 4 is 22.6 Å². The zero-order valence-corrected chi connectivity index (χ0v) is 19.5. The van der Waals surface area contributed by atoms with Crippen LogP contribution in [0.5, 0.6) is 11.6 Å². The molecule has 0 bridgehead atoms. The SMILES string of the molecule is COc1ccc(C(CC(=O)O)n2ncc3cc(OCCc4ccc5c(n4)CCCN5)ccc32)cn1. The number of ether oxygens (including phenoxy) is 2. The summed E-state index contributed by atoms with van der Waals surface area (Å²) in [5, 5.41) is 18.3. The molecule has 1 aliphatic heterocycles. The molecular weight excluding hydrogens is 446 g/mol. The van der Waals surface area contributed by atoms with Crippen LogP contribution in [0.2, 0.25) is 0 Å². The number of carbonyl (C=O) groups is 1. The number of carboxylic acids is 1. The molecule has 9 heteroatoms. The first-order valence-corrected chi connectivity index (χ1v) is 11.6. The van der Waals surface area contributed by atoms with Crippen molar-refractivity contribution in [1.29, 1.82) is 0 Å². The van der Waals surface area contributed by atoms with Crippen molar-refractivity contribution in [3.63, 3.8) is 0 Å². The third-order valence-electron chi connectivity index (χ3n) is 6.15. The molecule has 0 saturated heterocycles. The molecule has 180 valence electrons. The van der Waals surface area contributed by atoms with E-state index in [0.717, 1.165) is 65.1 Å². The number of benzene rings is 1. The topological polar surface area (TPSA) is 111 Å². The Morgan fingerprint density at radius 3 is 2.91 bits per heavy atom. The molecule has 2 N–H and O–H groups in total. The van der Waals surface area contributed by atoms with Crippen LogP contribution in [0.4, 0.5) is 5.69 Å². The molecule has 3 aromatic heterocycles. The number of aryl methyl sites for hydroxylation is 1. The maximum atomic E-state index is 11.6. The number of fused-ring (bicyclic) bond motifs is 2. The molecule has 1 aromatic carbocycles. The van der Waals surface area contributed by atoms with Crippen molar-refractivity contribution in [2.45, 2.75) is 31.7 Å². The molecule has 0 spiro atoms. The van der Waals surface area contributed by atoms with E-state index in [1.54, 1.807) is 23.1 Å². The molecule has 4 heterocycles. The van der Waals surface area contributed by atoms with Crippen molar-refractivity contribution in [1.82, 2.24) is 19.7 Å². The van der Waals surface area contributed by atoms with Gasteiger partial charge in [0.2, 0.25) is 5.88 Å². The van der Waals surface area contributed by atoms with Gasteiger partial charge in [0.1, 0.15) is 5.75 Å². The number of pyridine rings is 2. The Bertz CT molecular complexity index is 1340. The van der Waals surface area contributed by atoms with Gasteiger partial charge in [0.05, 0.1) is 49.3 Å². The largest absolute Gasteiger partial charge is 0.493 e. The number of aliphatic carboxylic acids is 1. The van der Waals surface area contributed by atoms with Crippen LogP contribution >= 0.6 is 0 Å². The lowest BCUT2D eigenvalue weighted by molar-refractivity contribution is -0.137. The first-order chi connectivity index (χ1) is 17.1. The number of nitrogens with one attached hydrogen (secondary N) is 1. The molecule has 1 unspecified atom stereocenters. The Kier molecular flexibility index (Phi) is 6.47. The predicted octanol–water partition coefficient (Wildman–Crippen LogP) is 3.88. The smallest absolute Gasteiger partial charge is 0.305 e. The minimum Gasteiger partial charge on any atom is -0.493 e. The predicted molar refractivity (Wildman–Crippen MR) is 131 cm³/mol. The zero-order valence-electron chi connectivity index (χ0n) is 19.5. The molecule has 1 atom stereocenters. The van der Waals surface area contributed by atoms with Crippen molar-refractivity contribution < 1.29 is 19.4 Å². The average molecular weight is 474 g/mol. The van der Waals surface area contributed by atoms with Crippen molar-refractivity contribution in [2.24, 2.45) is 0 Å². The highest BCUT2D eigenvalue weighted by Gasteiger charge is 2.21. The van der Waals surface area contributed by atoms with Crippen LogP contribution in [0.1, 0.15) is 35.8 Å². The second kappa shape index (κ2) is 10.0. The fraction of sp³-hybridized carbons (Fsp3) is 0.308. The first-order valence-electron chi connectivity index (χ1n) is 11.6. The lowest BCUT2D eigenvalue weighted by atomic mass is 10.1. The summed E-state index contributed by atoms with van der Waals surface area (Å²) in [7, 11) is 1.54. The van der Waals surface area contributed by atoms with Crippen LogP contribution < -0.4 is 14.8 Å². The minimum absolute atomic E-state index is 0.119. The lowest BCUT2D eigenvalue weighted by Crippen LogP contribution is -2.16. The third kappa shape index (κ3) is 5.03. The fourth-order valence-electron chi connectivity index (χ4n) is 4.38. The Balaban J connectivity index is 1.30. The van der Waals surface area contributed by atoms with E-state index in [1.807, 2.05) is 30.3 Å². The van der Waals surface area contributed by atoms with Gasteiger partial charge in [0.25, 0.3) is 0 Å². The van der Waals surface area contributed by atoms with Crippen molar-refractivity contribution in [2.75, 3.05) is 25.6 Å². The molecule has 0 aliphatic carbocycles. The molecule has 0 fully saturated rings. The normalized spacial score (nSPS) is 13.6. The van der Waals surface area contributed by atoms with Gasteiger partial charge in [-0.2, -0.15) is 5.10 Å². The van der Waals surface area contributed by atoms with Gasteiger partial charge < -0.3 is 19.9 Å². The summed E-state index contributed by atoms with van der Waals surface area (Å²) in [5.41, 5.74) is 4.85. The van der Waals surface area contributed by atoms with Gasteiger partial charge in [-0.1, -0.05) is 0 Å². The van der Waals surface area contributed by atoms with Gasteiger partial charge in [-0.3, -0.25) is 14.5 Å². The van der Waals surface area contributed by atoms with Crippen molar-refractivity contribution in [3.8, 4) is 11.6 Å². The number of methoxy groups -OCH3 is 1. The molecule has 0 radical (unpaired) electrons.